The third kappa shape index (κ3) is 19.5. The predicted molar refractivity (Wildman–Crippen MR) is 216 cm³/mol. The SMILES string of the molecule is CCCCCCCCCCCCCCCCCCOCCOCCOCCOCCOCCOCCNc1cccc2c1C(=O)N(C1CCC(=O)NC1=O)C2=O. The van der Waals surface area contributed by atoms with Gasteiger partial charge in [0.25, 0.3) is 11.8 Å². The average molecular weight is 790 g/mol. The number of hydrogen-bond donors (Lipinski definition) is 2. The quantitative estimate of drug-likeness (QED) is 0.0538. The van der Waals surface area contributed by atoms with Gasteiger partial charge in [-0.05, 0) is 25.0 Å². The number of amides is 4. The maximum atomic E-state index is 13.2. The van der Waals surface area contributed by atoms with Crippen molar-refractivity contribution in [3.63, 3.8) is 0 Å². The van der Waals surface area contributed by atoms with Gasteiger partial charge in [0.2, 0.25) is 11.8 Å². The molecule has 1 atom stereocenters. The van der Waals surface area contributed by atoms with Crippen LogP contribution in [0.1, 0.15) is 143 Å². The van der Waals surface area contributed by atoms with Crippen molar-refractivity contribution in [2.45, 2.75) is 129 Å². The molecule has 2 aliphatic rings. The summed E-state index contributed by atoms with van der Waals surface area (Å²) < 4.78 is 33.5. The van der Waals surface area contributed by atoms with Gasteiger partial charge in [-0.3, -0.25) is 29.4 Å². The number of rotatable bonds is 37. The first-order chi connectivity index (χ1) is 27.5. The largest absolute Gasteiger partial charge is 0.382 e. The molecule has 2 aliphatic heterocycles. The van der Waals surface area contributed by atoms with Crippen LogP contribution in [0.3, 0.4) is 0 Å². The zero-order valence-electron chi connectivity index (χ0n) is 34.3. The Bertz CT molecular complexity index is 1250. The van der Waals surface area contributed by atoms with Crippen molar-refractivity contribution in [2.75, 3.05) is 91.1 Å². The highest BCUT2D eigenvalue weighted by Crippen LogP contribution is 2.32. The number of nitrogens with zero attached hydrogens (tertiary/aromatic N) is 1. The second-order valence-corrected chi connectivity index (χ2v) is 14.6. The topological polar surface area (TPSA) is 151 Å². The van der Waals surface area contributed by atoms with Gasteiger partial charge in [0, 0.05) is 25.3 Å². The highest BCUT2D eigenvalue weighted by atomic mass is 16.6. The van der Waals surface area contributed by atoms with E-state index >= 15 is 0 Å². The Labute approximate surface area is 335 Å². The van der Waals surface area contributed by atoms with Gasteiger partial charge in [-0.2, -0.15) is 0 Å². The number of anilines is 1. The molecule has 2 N–H and O–H groups in total. The van der Waals surface area contributed by atoms with Crippen LogP contribution in [0.15, 0.2) is 18.2 Å². The number of nitrogens with one attached hydrogen (secondary N) is 2. The molecule has 56 heavy (non-hydrogen) atoms. The summed E-state index contributed by atoms with van der Waals surface area (Å²) in [5.41, 5.74) is 0.944. The molecule has 1 aromatic carbocycles. The van der Waals surface area contributed by atoms with E-state index in [1.165, 1.54) is 96.3 Å². The van der Waals surface area contributed by atoms with Crippen molar-refractivity contribution in [1.82, 2.24) is 10.2 Å². The van der Waals surface area contributed by atoms with Crippen molar-refractivity contribution in [1.29, 1.82) is 0 Å². The maximum absolute atomic E-state index is 13.2. The molecule has 0 spiro atoms. The zero-order chi connectivity index (χ0) is 39.9. The molecule has 1 aromatic rings. The van der Waals surface area contributed by atoms with Crippen LogP contribution in [0.5, 0.6) is 0 Å². The first-order valence-corrected chi connectivity index (χ1v) is 21.6. The summed E-state index contributed by atoms with van der Waals surface area (Å²) >= 11 is 0. The van der Waals surface area contributed by atoms with Crippen molar-refractivity contribution in [3.05, 3.63) is 29.3 Å². The molecule has 1 unspecified atom stereocenters. The van der Waals surface area contributed by atoms with E-state index in [1.54, 1.807) is 18.2 Å². The molecular weight excluding hydrogens is 718 g/mol. The van der Waals surface area contributed by atoms with Gasteiger partial charge >= 0.3 is 0 Å². The normalized spacial score (nSPS) is 15.5. The second kappa shape index (κ2) is 31.1. The fourth-order valence-electron chi connectivity index (χ4n) is 6.87. The van der Waals surface area contributed by atoms with E-state index in [-0.39, 0.29) is 24.0 Å². The van der Waals surface area contributed by atoms with Crippen LogP contribution in [-0.2, 0) is 38.0 Å². The van der Waals surface area contributed by atoms with Gasteiger partial charge in [0.1, 0.15) is 6.04 Å². The van der Waals surface area contributed by atoms with E-state index in [4.69, 9.17) is 28.4 Å². The smallest absolute Gasteiger partial charge is 0.264 e. The molecule has 3 rings (SSSR count). The lowest BCUT2D eigenvalue weighted by molar-refractivity contribution is -0.136. The molecule has 13 heteroatoms. The maximum Gasteiger partial charge on any atom is 0.264 e. The Morgan fingerprint density at radius 3 is 1.50 bits per heavy atom. The number of fused-ring (bicyclic) bond motifs is 1. The number of ether oxygens (including phenoxy) is 6. The van der Waals surface area contributed by atoms with E-state index < -0.39 is 29.7 Å². The Hall–Kier alpha value is -2.94. The van der Waals surface area contributed by atoms with Gasteiger partial charge < -0.3 is 33.7 Å². The lowest BCUT2D eigenvalue weighted by Gasteiger charge is -2.27. The summed E-state index contributed by atoms with van der Waals surface area (Å²) in [5, 5.41) is 5.35. The monoisotopic (exact) mass is 790 g/mol. The van der Waals surface area contributed by atoms with Gasteiger partial charge in [-0.1, -0.05) is 109 Å². The summed E-state index contributed by atoms with van der Waals surface area (Å²) in [4.78, 5) is 50.9. The first-order valence-electron chi connectivity index (χ1n) is 21.6. The number of unbranched alkanes of at least 4 members (excludes halogenated alkanes) is 15. The lowest BCUT2D eigenvalue weighted by atomic mass is 10.0. The third-order valence-electron chi connectivity index (χ3n) is 10.0. The van der Waals surface area contributed by atoms with E-state index in [1.807, 2.05) is 0 Å². The summed E-state index contributed by atoms with van der Waals surface area (Å²) in [7, 11) is 0. The van der Waals surface area contributed by atoms with Crippen LogP contribution in [-0.4, -0.2) is 120 Å². The van der Waals surface area contributed by atoms with E-state index in [9.17, 15) is 19.2 Å². The first kappa shape index (κ1) is 47.4. The Balaban J connectivity index is 1.00. The van der Waals surface area contributed by atoms with E-state index in [2.05, 4.69) is 17.6 Å². The number of benzene rings is 1. The van der Waals surface area contributed by atoms with Crippen molar-refractivity contribution >= 4 is 29.3 Å². The highest BCUT2D eigenvalue weighted by Gasteiger charge is 2.45. The van der Waals surface area contributed by atoms with Crippen LogP contribution >= 0.6 is 0 Å². The van der Waals surface area contributed by atoms with Crippen molar-refractivity contribution in [3.8, 4) is 0 Å². The average Bonchev–Trinajstić information content (AvgIpc) is 3.45. The number of imide groups is 2. The molecule has 318 valence electrons. The molecule has 0 aliphatic carbocycles. The third-order valence-corrected chi connectivity index (χ3v) is 10.0. The van der Waals surface area contributed by atoms with E-state index in [0.29, 0.717) is 84.9 Å². The zero-order valence-corrected chi connectivity index (χ0v) is 34.3. The fraction of sp³-hybridized carbons (Fsp3) is 0.767. The van der Waals surface area contributed by atoms with E-state index in [0.717, 1.165) is 17.9 Å². The predicted octanol–water partition coefficient (Wildman–Crippen LogP) is 6.86. The summed E-state index contributed by atoms with van der Waals surface area (Å²) in [6, 6.07) is 3.95. The number of carbonyl (C=O) groups is 4. The number of piperidine rings is 1. The highest BCUT2D eigenvalue weighted by molar-refractivity contribution is 6.25. The molecule has 0 saturated carbocycles. The van der Waals surface area contributed by atoms with Crippen LogP contribution in [0.4, 0.5) is 5.69 Å². The molecule has 1 saturated heterocycles. The molecule has 2 heterocycles. The van der Waals surface area contributed by atoms with Crippen molar-refractivity contribution < 1.29 is 47.6 Å². The van der Waals surface area contributed by atoms with Gasteiger partial charge in [-0.15, -0.1) is 0 Å². The van der Waals surface area contributed by atoms with Crippen molar-refractivity contribution in [2.24, 2.45) is 0 Å². The summed E-state index contributed by atoms with van der Waals surface area (Å²) in [5.74, 6) is -2.13. The molecule has 13 nitrogen and oxygen atoms in total. The molecular formula is C43H71N3O10. The number of carbonyl (C=O) groups excluding carboxylic acids is 4. The lowest BCUT2D eigenvalue weighted by Crippen LogP contribution is -2.54. The summed E-state index contributed by atoms with van der Waals surface area (Å²) in [6.07, 6.45) is 22.2. The molecule has 0 aromatic heterocycles. The van der Waals surface area contributed by atoms with Gasteiger partial charge in [0.15, 0.2) is 0 Å². The van der Waals surface area contributed by atoms with Crippen LogP contribution in [0, 0.1) is 0 Å². The second-order valence-electron chi connectivity index (χ2n) is 14.6. The van der Waals surface area contributed by atoms with Gasteiger partial charge in [0.05, 0.1) is 83.8 Å². The Morgan fingerprint density at radius 2 is 1.02 bits per heavy atom. The molecule has 4 amide bonds. The molecule has 0 radical (unpaired) electrons. The van der Waals surface area contributed by atoms with Crippen LogP contribution in [0.2, 0.25) is 0 Å². The van der Waals surface area contributed by atoms with Crippen LogP contribution in [0.25, 0.3) is 0 Å². The Morgan fingerprint density at radius 1 is 0.571 bits per heavy atom. The Kier molecular flexibility index (Phi) is 26.3. The standard InChI is InChI=1S/C43H71N3O10/c1-2-3-4-5-6-7-8-9-10-11-12-13-14-15-16-17-24-51-26-28-53-30-32-55-34-35-56-33-31-54-29-27-52-25-23-44-37-20-18-19-36-40(37)43(50)46(42(36)49)38-21-22-39(47)45-41(38)48/h18-20,38,44H,2-17,21-35H2,1H3,(H,45,47,48). The van der Waals surface area contributed by atoms with Crippen LogP contribution < -0.4 is 10.6 Å². The summed E-state index contributed by atoms with van der Waals surface area (Å²) in [6.45, 7) is 8.80. The van der Waals surface area contributed by atoms with Gasteiger partial charge in [-0.25, -0.2) is 0 Å². The number of hydrogen-bond acceptors (Lipinski definition) is 11. The minimum absolute atomic E-state index is 0.0743. The fourth-order valence-corrected chi connectivity index (χ4v) is 6.87. The minimum Gasteiger partial charge on any atom is -0.382 e. The molecule has 1 fully saturated rings. The molecule has 0 bridgehead atoms. The minimum atomic E-state index is -1.00.